The first kappa shape index (κ1) is 12.7. The van der Waals surface area contributed by atoms with Crippen LogP contribution in [0.3, 0.4) is 0 Å². The van der Waals surface area contributed by atoms with Crippen LogP contribution in [0.2, 0.25) is 0 Å². The van der Waals surface area contributed by atoms with Crippen molar-refractivity contribution in [3.8, 4) is 0 Å². The average molecular weight is 207 g/mol. The van der Waals surface area contributed by atoms with Gasteiger partial charge in [-0.2, -0.15) is 0 Å². The minimum absolute atomic E-state index is 0. The molecule has 0 atom stereocenters. The molecule has 1 aromatic rings. The second-order valence-electron chi connectivity index (χ2n) is 2.03. The minimum Gasteiger partial charge on any atom is -0.258 e. The third kappa shape index (κ3) is 3.49. The molecule has 0 aromatic heterocycles. The number of nitrogens with zero attached hydrogens (tertiary/aromatic N) is 2. The molecule has 0 spiro atoms. The van der Waals surface area contributed by atoms with Crippen LogP contribution in [0.25, 0.3) is 0 Å². The fourth-order valence-corrected chi connectivity index (χ4v) is 0.720. The van der Waals surface area contributed by atoms with E-state index in [2.05, 4.69) is 0 Å². The van der Waals surface area contributed by atoms with E-state index in [1.165, 1.54) is 18.2 Å². The summed E-state index contributed by atoms with van der Waals surface area (Å²) < 4.78 is 0. The quantitative estimate of drug-likeness (QED) is 0.413. The molecule has 0 bridgehead atoms. The normalized spacial score (nSPS) is 8.62. The molecule has 7 heteroatoms. The summed E-state index contributed by atoms with van der Waals surface area (Å²) in [6, 6.07) is 4.59. The Labute approximate surface area is 116 Å². The molecule has 0 saturated heterocycles. The minimum atomic E-state index is -0.674. The van der Waals surface area contributed by atoms with Gasteiger partial charge in [0.2, 0.25) is 0 Å². The molecule has 0 fully saturated rings. The Morgan fingerprint density at radius 2 is 1.38 bits per heavy atom. The van der Waals surface area contributed by atoms with Gasteiger partial charge in [0.1, 0.15) is 0 Å². The predicted molar refractivity (Wildman–Crippen MR) is 45.5 cm³/mol. The largest absolute Gasteiger partial charge is 0.276 e. The monoisotopic (exact) mass is 207 g/mol. The molecule has 0 aliphatic carbocycles. The van der Waals surface area contributed by atoms with E-state index in [4.69, 9.17) is 0 Å². The molecule has 0 saturated carbocycles. The summed E-state index contributed by atoms with van der Waals surface area (Å²) in [5.41, 5.74) is -0.548. The van der Waals surface area contributed by atoms with Gasteiger partial charge < -0.3 is 0 Å². The molecule has 1 rings (SSSR count). The smallest absolute Gasteiger partial charge is 0.258 e. The molecular weight excluding hydrogens is 203 g/mol. The average Bonchev–Trinajstić information content (AvgIpc) is 2.04. The number of nitro benzene ring substituents is 2. The first-order valence-corrected chi connectivity index (χ1v) is 3.00. The van der Waals surface area contributed by atoms with Gasteiger partial charge in [-0.3, -0.25) is 20.2 Å². The van der Waals surface area contributed by atoms with Gasteiger partial charge in [0.15, 0.2) is 0 Å². The summed E-state index contributed by atoms with van der Waals surface area (Å²) in [5.74, 6) is 0. The molecule has 0 unspecified atom stereocenters. The molecular formula is C6H4KN2O4. The predicted octanol–water partition coefficient (Wildman–Crippen LogP) is 1.12. The summed E-state index contributed by atoms with van der Waals surface area (Å²) in [6.45, 7) is 0. The van der Waals surface area contributed by atoms with Crippen molar-refractivity contribution in [2.24, 2.45) is 0 Å². The number of hydrogen-bond donors (Lipinski definition) is 0. The van der Waals surface area contributed by atoms with Crippen LogP contribution in [0.15, 0.2) is 24.3 Å². The van der Waals surface area contributed by atoms with E-state index in [1.807, 2.05) is 0 Å². The van der Waals surface area contributed by atoms with Crippen LogP contribution >= 0.6 is 0 Å². The van der Waals surface area contributed by atoms with E-state index in [0.717, 1.165) is 6.07 Å². The third-order valence-electron chi connectivity index (χ3n) is 1.25. The molecule has 0 N–H and O–H groups in total. The number of non-ortho nitro benzene ring substituents is 2. The van der Waals surface area contributed by atoms with Gasteiger partial charge >= 0.3 is 0 Å². The SMILES string of the molecule is O=[N+]([O-])c1cccc([N+](=O)[O-])c1.[K]. The standard InChI is InChI=1S/C6H4N2O4.K/c9-7(10)5-2-1-3-6(4-5)8(11)12;/h1-4H;. The molecule has 1 aromatic carbocycles. The summed E-state index contributed by atoms with van der Waals surface area (Å²) in [7, 11) is 0. The molecule has 0 amide bonds. The Bertz CT molecular complexity index is 312. The second kappa shape index (κ2) is 5.40. The van der Waals surface area contributed by atoms with E-state index in [9.17, 15) is 20.2 Å². The number of rotatable bonds is 2. The molecule has 6 nitrogen and oxygen atoms in total. The summed E-state index contributed by atoms with van der Waals surface area (Å²) in [5, 5.41) is 20.3. The van der Waals surface area contributed by atoms with Gasteiger partial charge in [0.25, 0.3) is 11.4 Å². The number of hydrogen-bond acceptors (Lipinski definition) is 4. The van der Waals surface area contributed by atoms with Crippen molar-refractivity contribution >= 4 is 62.8 Å². The maximum atomic E-state index is 10.2. The van der Waals surface area contributed by atoms with Gasteiger partial charge in [0.05, 0.1) is 15.9 Å². The molecule has 0 heterocycles. The maximum absolute atomic E-state index is 10.2. The van der Waals surface area contributed by atoms with Crippen LogP contribution in [0.4, 0.5) is 11.4 Å². The summed E-state index contributed by atoms with van der Waals surface area (Å²) in [6.07, 6.45) is 0. The molecule has 0 aliphatic rings. The van der Waals surface area contributed by atoms with E-state index < -0.39 is 9.85 Å². The zero-order valence-corrected chi connectivity index (χ0v) is 9.96. The Morgan fingerprint density at radius 3 is 1.69 bits per heavy atom. The van der Waals surface area contributed by atoms with E-state index in [-0.39, 0.29) is 62.8 Å². The molecule has 13 heavy (non-hydrogen) atoms. The van der Waals surface area contributed by atoms with Gasteiger partial charge in [-0.05, 0) is 6.07 Å². The van der Waals surface area contributed by atoms with Crippen LogP contribution in [0.1, 0.15) is 0 Å². The van der Waals surface area contributed by atoms with Crippen LogP contribution in [-0.2, 0) is 0 Å². The van der Waals surface area contributed by atoms with Gasteiger partial charge in [-0.15, -0.1) is 0 Å². The summed E-state index contributed by atoms with van der Waals surface area (Å²) >= 11 is 0. The van der Waals surface area contributed by atoms with Crippen molar-refractivity contribution in [3.63, 3.8) is 0 Å². The fourth-order valence-electron chi connectivity index (χ4n) is 0.720. The maximum Gasteiger partial charge on any atom is 0.276 e. The zero-order valence-electron chi connectivity index (χ0n) is 6.84. The second-order valence-corrected chi connectivity index (χ2v) is 2.03. The van der Waals surface area contributed by atoms with Crippen molar-refractivity contribution in [2.75, 3.05) is 0 Å². The van der Waals surface area contributed by atoms with E-state index >= 15 is 0 Å². The first-order chi connectivity index (χ1) is 5.61. The van der Waals surface area contributed by atoms with E-state index in [1.54, 1.807) is 0 Å². The third-order valence-corrected chi connectivity index (χ3v) is 1.25. The molecule has 1 radical (unpaired) electrons. The van der Waals surface area contributed by atoms with Crippen LogP contribution < -0.4 is 0 Å². The van der Waals surface area contributed by atoms with Crippen molar-refractivity contribution in [1.82, 2.24) is 0 Å². The van der Waals surface area contributed by atoms with E-state index in [0.29, 0.717) is 0 Å². The van der Waals surface area contributed by atoms with Crippen molar-refractivity contribution in [3.05, 3.63) is 44.5 Å². The van der Waals surface area contributed by atoms with Crippen molar-refractivity contribution < 1.29 is 9.85 Å². The Hall–Kier alpha value is -0.344. The van der Waals surface area contributed by atoms with Gasteiger partial charge in [-0.25, -0.2) is 0 Å². The van der Waals surface area contributed by atoms with Crippen molar-refractivity contribution in [1.29, 1.82) is 0 Å². The first-order valence-electron chi connectivity index (χ1n) is 3.00. The molecule has 0 aliphatic heterocycles. The summed E-state index contributed by atoms with van der Waals surface area (Å²) in [4.78, 5) is 19.0. The fraction of sp³-hybridized carbons (Fsp3) is 0. The van der Waals surface area contributed by atoms with Crippen molar-refractivity contribution in [2.45, 2.75) is 0 Å². The Kier molecular flexibility index (Phi) is 5.26. The Balaban J connectivity index is 0.00000144. The van der Waals surface area contributed by atoms with Crippen LogP contribution in [0.5, 0.6) is 0 Å². The van der Waals surface area contributed by atoms with Gasteiger partial charge in [0, 0.05) is 63.5 Å². The number of benzene rings is 1. The topological polar surface area (TPSA) is 86.3 Å². The zero-order chi connectivity index (χ0) is 9.14. The molecule has 63 valence electrons. The Morgan fingerprint density at radius 1 is 1.00 bits per heavy atom. The van der Waals surface area contributed by atoms with Gasteiger partial charge in [-0.1, -0.05) is 0 Å². The van der Waals surface area contributed by atoms with Crippen LogP contribution in [-0.4, -0.2) is 61.2 Å². The van der Waals surface area contributed by atoms with Crippen LogP contribution in [0, 0.1) is 20.2 Å². The number of nitro groups is 2.